The molecule has 0 saturated heterocycles. The number of carbonyl (C=O) groups excluding carboxylic acids is 1. The van der Waals surface area contributed by atoms with Crippen LogP contribution in [-0.2, 0) is 4.79 Å². The van der Waals surface area contributed by atoms with E-state index in [0.717, 1.165) is 0 Å². The smallest absolute Gasteiger partial charge is 0.226 e. The van der Waals surface area contributed by atoms with E-state index in [4.69, 9.17) is 9.47 Å². The Labute approximate surface area is 160 Å². The van der Waals surface area contributed by atoms with Crippen molar-refractivity contribution in [2.24, 2.45) is 0 Å². The summed E-state index contributed by atoms with van der Waals surface area (Å²) in [5.74, 6) is -0.0921. The van der Waals surface area contributed by atoms with Crippen LogP contribution in [0.2, 0.25) is 0 Å². The van der Waals surface area contributed by atoms with Gasteiger partial charge in [-0.05, 0) is 35.9 Å². The van der Waals surface area contributed by atoms with Gasteiger partial charge in [-0.3, -0.25) is 9.36 Å². The van der Waals surface area contributed by atoms with Crippen LogP contribution in [0.5, 0.6) is 17.2 Å². The molecule has 7 nitrogen and oxygen atoms in total. The normalized spacial score (nSPS) is 15.7. The molecule has 0 spiro atoms. The number of methoxy groups -OCH3 is 2. The van der Waals surface area contributed by atoms with E-state index in [-0.39, 0.29) is 41.3 Å². The molecule has 4 rings (SSSR count). The highest BCUT2D eigenvalue weighted by Crippen LogP contribution is 2.44. The number of nitrogens with zero attached hydrogens (tertiary/aromatic N) is 2. The van der Waals surface area contributed by atoms with Gasteiger partial charge in [-0.2, -0.15) is 0 Å². The predicted molar refractivity (Wildman–Crippen MR) is 99.8 cm³/mol. The highest BCUT2D eigenvalue weighted by atomic mass is 19.1. The molecule has 8 heteroatoms. The lowest BCUT2D eigenvalue weighted by Gasteiger charge is -2.24. The van der Waals surface area contributed by atoms with Crippen molar-refractivity contribution < 1.29 is 23.8 Å². The number of rotatable bonds is 4. The number of halogens is 1. The highest BCUT2D eigenvalue weighted by Gasteiger charge is 2.32. The van der Waals surface area contributed by atoms with Crippen LogP contribution >= 0.6 is 0 Å². The Balaban J connectivity index is 1.84. The van der Waals surface area contributed by atoms with E-state index in [9.17, 15) is 14.3 Å². The van der Waals surface area contributed by atoms with Gasteiger partial charge in [-0.15, -0.1) is 0 Å². The zero-order valence-electron chi connectivity index (χ0n) is 15.3. The number of hydrogen-bond acceptors (Lipinski definition) is 5. The number of imidazole rings is 1. The summed E-state index contributed by atoms with van der Waals surface area (Å²) in [6.07, 6.45) is 1.72. The molecule has 2 heterocycles. The molecular formula is C20H18FN3O4. The fourth-order valence-electron chi connectivity index (χ4n) is 3.42. The second-order valence-electron chi connectivity index (χ2n) is 6.41. The van der Waals surface area contributed by atoms with Crippen LogP contribution in [0, 0.1) is 5.82 Å². The summed E-state index contributed by atoms with van der Waals surface area (Å²) in [5.41, 5.74) is 1.90. The summed E-state index contributed by atoms with van der Waals surface area (Å²) < 4.78 is 25.7. The summed E-state index contributed by atoms with van der Waals surface area (Å²) >= 11 is 0. The lowest BCUT2D eigenvalue weighted by atomic mass is 9.89. The number of aromatic nitrogens is 2. The Hall–Kier alpha value is -3.55. The summed E-state index contributed by atoms with van der Waals surface area (Å²) in [5, 5.41) is 13.0. The number of hydrogen-bond donors (Lipinski definition) is 2. The standard InChI is InChI=1S/C20H18FN3O4/c1-27-15-6-11(7-16(28-2)19(15)26)14-9-17(25)23-20-18(14)22-10-24(20)13-5-3-4-12(21)8-13/h3-8,10,14,26H,9H2,1-2H3,(H,23,25)/t14-/m0/s1. The summed E-state index contributed by atoms with van der Waals surface area (Å²) in [6.45, 7) is 0. The zero-order chi connectivity index (χ0) is 19.8. The number of carbonyl (C=O) groups is 1. The van der Waals surface area contributed by atoms with Crippen molar-refractivity contribution in [1.82, 2.24) is 9.55 Å². The van der Waals surface area contributed by atoms with Gasteiger partial charge < -0.3 is 19.9 Å². The molecule has 0 radical (unpaired) electrons. The molecule has 1 aliphatic heterocycles. The minimum atomic E-state index is -0.383. The molecule has 0 saturated carbocycles. The van der Waals surface area contributed by atoms with E-state index in [0.29, 0.717) is 22.8 Å². The van der Waals surface area contributed by atoms with Gasteiger partial charge in [0.2, 0.25) is 11.7 Å². The van der Waals surface area contributed by atoms with Gasteiger partial charge >= 0.3 is 0 Å². The van der Waals surface area contributed by atoms with Crippen LogP contribution in [0.25, 0.3) is 5.69 Å². The lowest BCUT2D eigenvalue weighted by molar-refractivity contribution is -0.116. The Morgan fingerprint density at radius 1 is 1.21 bits per heavy atom. The van der Waals surface area contributed by atoms with Crippen LogP contribution < -0.4 is 14.8 Å². The number of anilines is 1. The van der Waals surface area contributed by atoms with E-state index in [1.807, 2.05) is 0 Å². The average molecular weight is 383 g/mol. The SMILES string of the molecule is COc1cc([C@@H]2CC(=O)Nc3c2ncn3-c2cccc(F)c2)cc(OC)c1O. The Morgan fingerprint density at radius 2 is 1.93 bits per heavy atom. The van der Waals surface area contributed by atoms with Crippen LogP contribution in [-0.4, -0.2) is 34.8 Å². The molecule has 0 bridgehead atoms. The number of ether oxygens (including phenoxy) is 2. The number of aromatic hydroxyl groups is 1. The van der Waals surface area contributed by atoms with Crippen LogP contribution in [0.3, 0.4) is 0 Å². The molecular weight excluding hydrogens is 365 g/mol. The lowest BCUT2D eigenvalue weighted by Crippen LogP contribution is -2.25. The summed E-state index contributed by atoms with van der Waals surface area (Å²) in [4.78, 5) is 16.9. The van der Waals surface area contributed by atoms with Crippen molar-refractivity contribution in [3.63, 3.8) is 0 Å². The van der Waals surface area contributed by atoms with Gasteiger partial charge in [0.05, 0.1) is 25.6 Å². The molecule has 1 amide bonds. The molecule has 1 aromatic heterocycles. The number of fused-ring (bicyclic) bond motifs is 1. The Kier molecular flexibility index (Phi) is 4.38. The van der Waals surface area contributed by atoms with E-state index in [2.05, 4.69) is 10.3 Å². The van der Waals surface area contributed by atoms with Crippen molar-refractivity contribution in [2.45, 2.75) is 12.3 Å². The summed E-state index contributed by atoms with van der Waals surface area (Å²) in [6, 6.07) is 9.36. The largest absolute Gasteiger partial charge is 0.502 e. The van der Waals surface area contributed by atoms with E-state index in [1.54, 1.807) is 35.2 Å². The molecule has 28 heavy (non-hydrogen) atoms. The number of phenolic OH excluding ortho intramolecular Hbond substituents is 1. The number of phenols is 1. The first-order valence-electron chi connectivity index (χ1n) is 8.59. The molecule has 144 valence electrons. The number of nitrogens with one attached hydrogen (secondary N) is 1. The van der Waals surface area contributed by atoms with Crippen LogP contribution in [0.4, 0.5) is 10.2 Å². The minimum Gasteiger partial charge on any atom is -0.502 e. The van der Waals surface area contributed by atoms with Crippen LogP contribution in [0.15, 0.2) is 42.7 Å². The number of benzene rings is 2. The number of amides is 1. The van der Waals surface area contributed by atoms with Crippen molar-refractivity contribution in [1.29, 1.82) is 0 Å². The van der Waals surface area contributed by atoms with Gasteiger partial charge in [-0.1, -0.05) is 6.07 Å². The molecule has 1 aliphatic rings. The van der Waals surface area contributed by atoms with Gasteiger partial charge in [0.1, 0.15) is 18.0 Å². The average Bonchev–Trinajstić information content (AvgIpc) is 3.11. The van der Waals surface area contributed by atoms with Crippen molar-refractivity contribution in [3.05, 3.63) is 59.8 Å². The van der Waals surface area contributed by atoms with Gasteiger partial charge in [0.15, 0.2) is 11.5 Å². The highest BCUT2D eigenvalue weighted by molar-refractivity contribution is 5.94. The van der Waals surface area contributed by atoms with Crippen molar-refractivity contribution >= 4 is 11.7 Å². The third-order valence-corrected chi connectivity index (χ3v) is 4.76. The minimum absolute atomic E-state index is 0.112. The van der Waals surface area contributed by atoms with Crippen molar-refractivity contribution in [3.8, 4) is 22.9 Å². The molecule has 2 N–H and O–H groups in total. The summed E-state index contributed by atoms with van der Waals surface area (Å²) in [7, 11) is 2.88. The fourth-order valence-corrected chi connectivity index (χ4v) is 3.42. The second kappa shape index (κ2) is 6.88. The monoisotopic (exact) mass is 383 g/mol. The molecule has 1 atom stereocenters. The fraction of sp³-hybridized carbons (Fsp3) is 0.200. The Morgan fingerprint density at radius 3 is 2.57 bits per heavy atom. The second-order valence-corrected chi connectivity index (χ2v) is 6.41. The Bertz CT molecular complexity index is 1040. The molecule has 0 aliphatic carbocycles. The third kappa shape index (κ3) is 2.92. The maximum Gasteiger partial charge on any atom is 0.226 e. The zero-order valence-corrected chi connectivity index (χ0v) is 15.3. The van der Waals surface area contributed by atoms with Gasteiger partial charge in [0.25, 0.3) is 0 Å². The maximum atomic E-state index is 13.6. The van der Waals surface area contributed by atoms with Gasteiger partial charge in [0, 0.05) is 12.3 Å². The van der Waals surface area contributed by atoms with Crippen LogP contribution in [0.1, 0.15) is 23.6 Å². The first kappa shape index (κ1) is 17.8. The predicted octanol–water partition coefficient (Wildman–Crippen LogP) is 3.21. The molecule has 2 aromatic carbocycles. The van der Waals surface area contributed by atoms with Gasteiger partial charge in [-0.25, -0.2) is 9.37 Å². The topological polar surface area (TPSA) is 85.6 Å². The van der Waals surface area contributed by atoms with E-state index in [1.165, 1.54) is 26.4 Å². The first-order valence-corrected chi connectivity index (χ1v) is 8.59. The molecule has 0 fully saturated rings. The molecule has 0 unspecified atom stereocenters. The first-order chi connectivity index (χ1) is 13.5. The van der Waals surface area contributed by atoms with Crippen molar-refractivity contribution in [2.75, 3.05) is 19.5 Å². The molecule has 3 aromatic rings. The van der Waals surface area contributed by atoms with E-state index >= 15 is 0 Å². The maximum absolute atomic E-state index is 13.6. The quantitative estimate of drug-likeness (QED) is 0.723. The van der Waals surface area contributed by atoms with E-state index < -0.39 is 0 Å². The third-order valence-electron chi connectivity index (χ3n) is 4.76.